The highest BCUT2D eigenvalue weighted by Crippen LogP contribution is 2.35. The minimum absolute atomic E-state index is 0.0832. The van der Waals surface area contributed by atoms with Crippen molar-refractivity contribution in [2.24, 2.45) is 0 Å². The van der Waals surface area contributed by atoms with Crippen LogP contribution in [0.3, 0.4) is 0 Å². The van der Waals surface area contributed by atoms with E-state index in [0.29, 0.717) is 15.6 Å². The van der Waals surface area contributed by atoms with Gasteiger partial charge in [0.05, 0.1) is 24.1 Å². The molecule has 0 radical (unpaired) electrons. The van der Waals surface area contributed by atoms with E-state index >= 15 is 0 Å². The molecule has 0 unspecified atom stereocenters. The van der Waals surface area contributed by atoms with Crippen molar-refractivity contribution in [2.45, 2.75) is 13.5 Å². The largest absolute Gasteiger partial charge is 0.465 e. The van der Waals surface area contributed by atoms with E-state index in [2.05, 4.69) is 4.74 Å². The Bertz CT molecular complexity index is 885. The Hall–Kier alpha value is -2.64. The standard InChI is InChI=1S/C17H14Cl2N2O5/c1-10(22)20(9-11-6-7-12(18)8-14(11)19)16-13(17(23)26-2)4-3-5-15(16)21(24)25/h3-8H,9H2,1-2H3. The third kappa shape index (κ3) is 4.12. The van der Waals surface area contributed by atoms with E-state index in [0.717, 1.165) is 12.0 Å². The van der Waals surface area contributed by atoms with Crippen LogP contribution < -0.4 is 4.90 Å². The molecular formula is C17H14Cl2N2O5. The molecular weight excluding hydrogens is 383 g/mol. The van der Waals surface area contributed by atoms with Gasteiger partial charge in [0.25, 0.3) is 5.69 Å². The number of nitro groups is 1. The molecule has 2 aromatic rings. The summed E-state index contributed by atoms with van der Waals surface area (Å²) in [6.07, 6.45) is 0. The molecule has 0 aliphatic carbocycles. The molecule has 1 amide bonds. The van der Waals surface area contributed by atoms with Crippen LogP contribution in [0.25, 0.3) is 0 Å². The fraction of sp³-hybridized carbons (Fsp3) is 0.176. The number of carbonyl (C=O) groups is 2. The number of nitro benzene ring substituents is 1. The Labute approximate surface area is 159 Å². The minimum Gasteiger partial charge on any atom is -0.465 e. The SMILES string of the molecule is COC(=O)c1cccc([N+](=O)[O-])c1N(Cc1ccc(Cl)cc1Cl)C(C)=O. The predicted octanol–water partition coefficient (Wildman–Crippen LogP) is 4.24. The van der Waals surface area contributed by atoms with Crippen molar-refractivity contribution in [1.29, 1.82) is 0 Å². The van der Waals surface area contributed by atoms with Gasteiger partial charge in [0.15, 0.2) is 0 Å². The van der Waals surface area contributed by atoms with Gasteiger partial charge in [0.1, 0.15) is 5.69 Å². The van der Waals surface area contributed by atoms with Crippen molar-refractivity contribution >= 4 is 46.5 Å². The average Bonchev–Trinajstić information content (AvgIpc) is 2.59. The first-order chi connectivity index (χ1) is 12.3. The van der Waals surface area contributed by atoms with E-state index in [1.807, 2.05) is 0 Å². The number of nitrogens with zero attached hydrogens (tertiary/aromatic N) is 2. The van der Waals surface area contributed by atoms with Gasteiger partial charge in [-0.2, -0.15) is 0 Å². The number of carbonyl (C=O) groups excluding carboxylic acids is 2. The average molecular weight is 397 g/mol. The van der Waals surface area contributed by atoms with Crippen molar-refractivity contribution in [3.05, 3.63) is 67.7 Å². The van der Waals surface area contributed by atoms with Gasteiger partial charge in [0.2, 0.25) is 5.91 Å². The first kappa shape index (κ1) is 19.7. The number of benzene rings is 2. The second kappa shape index (κ2) is 8.16. The summed E-state index contributed by atoms with van der Waals surface area (Å²) in [6, 6.07) is 8.60. The number of esters is 1. The van der Waals surface area contributed by atoms with Crippen LogP contribution in [0, 0.1) is 10.1 Å². The molecule has 2 rings (SSSR count). The van der Waals surface area contributed by atoms with Crippen LogP contribution in [-0.4, -0.2) is 23.9 Å². The summed E-state index contributed by atoms with van der Waals surface area (Å²) in [5.41, 5.74) is -0.127. The topological polar surface area (TPSA) is 89.8 Å². The number of methoxy groups -OCH3 is 1. The van der Waals surface area contributed by atoms with Crippen LogP contribution in [0.1, 0.15) is 22.8 Å². The Balaban J connectivity index is 2.64. The van der Waals surface area contributed by atoms with Gasteiger partial charge in [-0.15, -0.1) is 0 Å². The van der Waals surface area contributed by atoms with E-state index in [4.69, 9.17) is 23.2 Å². The Morgan fingerprint density at radius 2 is 1.92 bits per heavy atom. The van der Waals surface area contributed by atoms with Crippen molar-refractivity contribution < 1.29 is 19.2 Å². The molecule has 7 nitrogen and oxygen atoms in total. The van der Waals surface area contributed by atoms with Gasteiger partial charge < -0.3 is 9.64 Å². The number of hydrogen-bond donors (Lipinski definition) is 0. The molecule has 0 fully saturated rings. The lowest BCUT2D eigenvalue weighted by atomic mass is 10.1. The number of para-hydroxylation sites is 1. The molecule has 0 heterocycles. The molecule has 0 aliphatic heterocycles. The van der Waals surface area contributed by atoms with Crippen LogP contribution in [-0.2, 0) is 16.1 Å². The molecule has 0 spiro atoms. The van der Waals surface area contributed by atoms with E-state index < -0.39 is 22.5 Å². The number of rotatable bonds is 5. The van der Waals surface area contributed by atoms with Gasteiger partial charge in [-0.3, -0.25) is 14.9 Å². The van der Waals surface area contributed by atoms with E-state index in [1.54, 1.807) is 12.1 Å². The lowest BCUT2D eigenvalue weighted by Crippen LogP contribution is -2.30. The maximum atomic E-state index is 12.2. The highest BCUT2D eigenvalue weighted by atomic mass is 35.5. The van der Waals surface area contributed by atoms with Gasteiger partial charge in [-0.05, 0) is 23.8 Å². The highest BCUT2D eigenvalue weighted by molar-refractivity contribution is 6.35. The van der Waals surface area contributed by atoms with Gasteiger partial charge in [-0.25, -0.2) is 4.79 Å². The first-order valence-corrected chi connectivity index (χ1v) is 8.09. The molecule has 0 atom stereocenters. The summed E-state index contributed by atoms with van der Waals surface area (Å²) < 4.78 is 4.69. The van der Waals surface area contributed by atoms with Crippen LogP contribution in [0.5, 0.6) is 0 Å². The van der Waals surface area contributed by atoms with Gasteiger partial charge in [-0.1, -0.05) is 35.3 Å². The molecule has 9 heteroatoms. The second-order valence-electron chi connectivity index (χ2n) is 5.26. The lowest BCUT2D eigenvalue weighted by Gasteiger charge is -2.23. The number of anilines is 1. The maximum absolute atomic E-state index is 12.2. The summed E-state index contributed by atoms with van der Waals surface area (Å²) >= 11 is 12.0. The fourth-order valence-corrected chi connectivity index (χ4v) is 2.87. The van der Waals surface area contributed by atoms with E-state index in [-0.39, 0.29) is 17.8 Å². The number of ether oxygens (including phenoxy) is 1. The normalized spacial score (nSPS) is 10.3. The zero-order valence-electron chi connectivity index (χ0n) is 13.9. The molecule has 2 aromatic carbocycles. The van der Waals surface area contributed by atoms with Crippen LogP contribution in [0.2, 0.25) is 10.0 Å². The number of hydrogen-bond acceptors (Lipinski definition) is 5. The first-order valence-electron chi connectivity index (χ1n) is 7.34. The van der Waals surface area contributed by atoms with Gasteiger partial charge >= 0.3 is 5.97 Å². The molecule has 0 saturated carbocycles. The maximum Gasteiger partial charge on any atom is 0.340 e. The summed E-state index contributed by atoms with van der Waals surface area (Å²) in [7, 11) is 1.15. The highest BCUT2D eigenvalue weighted by Gasteiger charge is 2.29. The third-order valence-electron chi connectivity index (χ3n) is 3.61. The Morgan fingerprint density at radius 3 is 2.46 bits per heavy atom. The third-order valence-corrected chi connectivity index (χ3v) is 4.20. The summed E-state index contributed by atoms with van der Waals surface area (Å²) in [4.78, 5) is 36.2. The van der Waals surface area contributed by atoms with Crippen LogP contribution >= 0.6 is 23.2 Å². The smallest absolute Gasteiger partial charge is 0.340 e. The number of halogens is 2. The molecule has 136 valence electrons. The quantitative estimate of drug-likeness (QED) is 0.428. The van der Waals surface area contributed by atoms with Crippen molar-refractivity contribution in [3.63, 3.8) is 0 Å². The summed E-state index contributed by atoms with van der Waals surface area (Å²) in [5, 5.41) is 12.2. The van der Waals surface area contributed by atoms with Crippen LogP contribution in [0.4, 0.5) is 11.4 Å². The molecule has 0 bridgehead atoms. The predicted molar refractivity (Wildman–Crippen MR) is 97.8 cm³/mol. The second-order valence-corrected chi connectivity index (χ2v) is 6.11. The zero-order chi connectivity index (χ0) is 19.4. The molecule has 0 aromatic heterocycles. The van der Waals surface area contributed by atoms with Crippen molar-refractivity contribution in [3.8, 4) is 0 Å². The van der Waals surface area contributed by atoms with E-state index in [9.17, 15) is 19.7 Å². The Kier molecular flexibility index (Phi) is 6.18. The zero-order valence-corrected chi connectivity index (χ0v) is 15.4. The Morgan fingerprint density at radius 1 is 1.23 bits per heavy atom. The van der Waals surface area contributed by atoms with Gasteiger partial charge in [0, 0.05) is 23.0 Å². The molecule has 26 heavy (non-hydrogen) atoms. The molecule has 0 aliphatic rings. The van der Waals surface area contributed by atoms with Crippen molar-refractivity contribution in [1.82, 2.24) is 0 Å². The monoisotopic (exact) mass is 396 g/mol. The minimum atomic E-state index is -0.794. The fourth-order valence-electron chi connectivity index (χ4n) is 2.41. The lowest BCUT2D eigenvalue weighted by molar-refractivity contribution is -0.384. The molecule has 0 N–H and O–H groups in total. The summed E-state index contributed by atoms with van der Waals surface area (Å²) in [5.74, 6) is -1.30. The molecule has 0 saturated heterocycles. The van der Waals surface area contributed by atoms with Crippen LogP contribution in [0.15, 0.2) is 36.4 Å². The van der Waals surface area contributed by atoms with Crippen molar-refractivity contribution in [2.75, 3.05) is 12.0 Å². The van der Waals surface area contributed by atoms with E-state index in [1.165, 1.54) is 31.2 Å². The summed E-state index contributed by atoms with van der Waals surface area (Å²) in [6.45, 7) is 1.15. The number of amides is 1.